The van der Waals surface area contributed by atoms with Gasteiger partial charge in [-0.15, -0.1) is 5.10 Å². The van der Waals surface area contributed by atoms with Gasteiger partial charge in [0.25, 0.3) is 5.78 Å². The van der Waals surface area contributed by atoms with Gasteiger partial charge in [-0.1, -0.05) is 6.92 Å². The third-order valence-corrected chi connectivity index (χ3v) is 2.08. The van der Waals surface area contributed by atoms with Crippen molar-refractivity contribution in [3.05, 3.63) is 17.6 Å². The van der Waals surface area contributed by atoms with Crippen LogP contribution in [-0.2, 0) is 6.42 Å². The van der Waals surface area contributed by atoms with Gasteiger partial charge in [0, 0.05) is 6.42 Å². The summed E-state index contributed by atoms with van der Waals surface area (Å²) in [6.07, 6.45) is 2.00. The minimum atomic E-state index is -1.11. The van der Waals surface area contributed by atoms with Crippen molar-refractivity contribution in [2.45, 2.75) is 13.3 Å². The number of methoxy groups -OCH3 is 1. The highest BCUT2D eigenvalue weighted by Gasteiger charge is 2.16. The largest absolute Gasteiger partial charge is 0.480 e. The number of rotatable bonds is 3. The summed E-state index contributed by atoms with van der Waals surface area (Å²) in [6.45, 7) is 1.91. The van der Waals surface area contributed by atoms with Gasteiger partial charge >= 0.3 is 5.97 Å². The molecule has 7 heteroatoms. The number of carboxylic acids is 1. The van der Waals surface area contributed by atoms with Gasteiger partial charge in [-0.3, -0.25) is 0 Å². The molecule has 0 spiro atoms. The normalized spacial score (nSPS) is 10.6. The number of carboxylic acid groups (broad SMARTS) is 1. The summed E-state index contributed by atoms with van der Waals surface area (Å²) in [7, 11) is 1.36. The first-order valence-corrected chi connectivity index (χ1v) is 4.69. The third-order valence-electron chi connectivity index (χ3n) is 2.08. The highest BCUT2D eigenvalue weighted by atomic mass is 16.5. The Morgan fingerprint density at radius 2 is 2.31 bits per heavy atom. The molecule has 0 unspecified atom stereocenters. The highest BCUT2D eigenvalue weighted by molar-refractivity contribution is 5.90. The first kappa shape index (κ1) is 10.3. The smallest absolute Gasteiger partial charge is 0.342 e. The molecular weight excluding hydrogens is 212 g/mol. The van der Waals surface area contributed by atoms with Gasteiger partial charge in [0.1, 0.15) is 5.56 Å². The van der Waals surface area contributed by atoms with E-state index in [4.69, 9.17) is 9.84 Å². The number of carbonyl (C=O) groups is 1. The van der Waals surface area contributed by atoms with Gasteiger partial charge in [0.05, 0.1) is 13.3 Å². The van der Waals surface area contributed by atoms with Gasteiger partial charge in [0.15, 0.2) is 5.82 Å². The number of fused-ring (bicyclic) bond motifs is 1. The maximum Gasteiger partial charge on any atom is 0.342 e. The van der Waals surface area contributed by atoms with E-state index >= 15 is 0 Å². The predicted octanol–water partition coefficient (Wildman–Crippen LogP) is 0.393. The molecule has 2 aromatic heterocycles. The molecule has 2 aromatic rings. The van der Waals surface area contributed by atoms with Crippen LogP contribution < -0.4 is 4.74 Å². The van der Waals surface area contributed by atoms with Crippen LogP contribution in [-0.4, -0.2) is 37.8 Å². The molecule has 0 amide bonds. The topological polar surface area (TPSA) is 89.6 Å². The summed E-state index contributed by atoms with van der Waals surface area (Å²) in [4.78, 5) is 19.0. The Morgan fingerprint density at radius 1 is 1.56 bits per heavy atom. The molecule has 2 heterocycles. The average molecular weight is 222 g/mol. The second-order valence-corrected chi connectivity index (χ2v) is 3.10. The number of hydrogen-bond acceptors (Lipinski definition) is 5. The lowest BCUT2D eigenvalue weighted by molar-refractivity contribution is 0.0691. The van der Waals surface area contributed by atoms with Crippen molar-refractivity contribution in [2.24, 2.45) is 0 Å². The van der Waals surface area contributed by atoms with Crippen LogP contribution in [0.25, 0.3) is 5.78 Å². The quantitative estimate of drug-likeness (QED) is 0.808. The zero-order valence-corrected chi connectivity index (χ0v) is 8.84. The number of ether oxygens (including phenoxy) is 1. The van der Waals surface area contributed by atoms with Crippen LogP contribution in [0.1, 0.15) is 23.1 Å². The molecule has 0 aromatic carbocycles. The van der Waals surface area contributed by atoms with Gasteiger partial charge in [0.2, 0.25) is 5.88 Å². The standard InChI is InChI=1S/C9H10N4O3/c1-3-6-10-9-11-7(16-2)5(8(14)15)4-13(9)12-6/h4H,3H2,1-2H3,(H,14,15). The molecule has 0 saturated carbocycles. The number of aryl methyl sites for hydroxylation is 1. The first-order valence-electron chi connectivity index (χ1n) is 4.69. The number of aromatic nitrogens is 4. The Balaban J connectivity index is 2.67. The van der Waals surface area contributed by atoms with E-state index in [1.54, 1.807) is 0 Å². The summed E-state index contributed by atoms with van der Waals surface area (Å²) in [5.74, 6) is -0.134. The molecule has 0 aliphatic rings. The molecule has 1 N–H and O–H groups in total. The second kappa shape index (κ2) is 3.76. The zero-order chi connectivity index (χ0) is 11.7. The SMILES string of the molecule is CCc1nc2nc(OC)c(C(=O)O)cn2n1. The Hall–Kier alpha value is -2.18. The minimum Gasteiger partial charge on any atom is -0.480 e. The van der Waals surface area contributed by atoms with Gasteiger partial charge in [-0.05, 0) is 0 Å². The Labute approximate surface area is 90.7 Å². The van der Waals surface area contributed by atoms with E-state index in [1.807, 2.05) is 6.92 Å². The number of hydrogen-bond donors (Lipinski definition) is 1. The van der Waals surface area contributed by atoms with Crippen molar-refractivity contribution in [3.8, 4) is 5.88 Å². The molecule has 16 heavy (non-hydrogen) atoms. The van der Waals surface area contributed by atoms with E-state index in [0.29, 0.717) is 18.0 Å². The van der Waals surface area contributed by atoms with Crippen molar-refractivity contribution in [2.75, 3.05) is 7.11 Å². The number of nitrogens with zero attached hydrogens (tertiary/aromatic N) is 4. The molecule has 7 nitrogen and oxygen atoms in total. The molecule has 84 valence electrons. The molecule has 0 aliphatic carbocycles. The molecule has 0 atom stereocenters. The lowest BCUT2D eigenvalue weighted by atomic mass is 10.3. The first-order chi connectivity index (χ1) is 7.65. The fourth-order valence-corrected chi connectivity index (χ4v) is 1.30. The van der Waals surface area contributed by atoms with Crippen molar-refractivity contribution in [1.29, 1.82) is 0 Å². The van der Waals surface area contributed by atoms with Crippen molar-refractivity contribution >= 4 is 11.7 Å². The lowest BCUT2D eigenvalue weighted by Crippen LogP contribution is -2.06. The number of aromatic carboxylic acids is 1. The third kappa shape index (κ3) is 1.56. The van der Waals surface area contributed by atoms with Crippen LogP contribution in [0, 0.1) is 0 Å². The summed E-state index contributed by atoms with van der Waals surface area (Å²) < 4.78 is 6.22. The Kier molecular flexibility index (Phi) is 2.43. The predicted molar refractivity (Wildman–Crippen MR) is 53.7 cm³/mol. The van der Waals surface area contributed by atoms with Gasteiger partial charge in [-0.2, -0.15) is 9.97 Å². The van der Waals surface area contributed by atoms with E-state index < -0.39 is 5.97 Å². The van der Waals surface area contributed by atoms with E-state index in [-0.39, 0.29) is 11.4 Å². The average Bonchev–Trinajstić information content (AvgIpc) is 2.68. The van der Waals surface area contributed by atoms with Crippen LogP contribution in [0.4, 0.5) is 0 Å². The lowest BCUT2D eigenvalue weighted by Gasteiger charge is -2.02. The van der Waals surface area contributed by atoms with Crippen LogP contribution in [0.3, 0.4) is 0 Å². The fraction of sp³-hybridized carbons (Fsp3) is 0.333. The van der Waals surface area contributed by atoms with Crippen LogP contribution in [0.5, 0.6) is 5.88 Å². The monoisotopic (exact) mass is 222 g/mol. The second-order valence-electron chi connectivity index (χ2n) is 3.10. The fourth-order valence-electron chi connectivity index (χ4n) is 1.30. The molecule has 0 saturated heterocycles. The molecule has 0 radical (unpaired) electrons. The summed E-state index contributed by atoms with van der Waals surface area (Å²) in [5, 5.41) is 13.0. The molecular formula is C9H10N4O3. The highest BCUT2D eigenvalue weighted by Crippen LogP contribution is 2.15. The summed E-state index contributed by atoms with van der Waals surface area (Å²) in [6, 6.07) is 0. The van der Waals surface area contributed by atoms with E-state index in [9.17, 15) is 4.79 Å². The zero-order valence-electron chi connectivity index (χ0n) is 8.84. The van der Waals surface area contributed by atoms with Crippen LogP contribution in [0.2, 0.25) is 0 Å². The summed E-state index contributed by atoms with van der Waals surface area (Å²) >= 11 is 0. The van der Waals surface area contributed by atoms with E-state index in [0.717, 1.165) is 0 Å². The molecule has 0 fully saturated rings. The van der Waals surface area contributed by atoms with Gasteiger partial charge < -0.3 is 9.84 Å². The van der Waals surface area contributed by atoms with E-state index in [1.165, 1.54) is 17.8 Å². The minimum absolute atomic E-state index is 0.0371. The van der Waals surface area contributed by atoms with Crippen LogP contribution in [0.15, 0.2) is 6.20 Å². The van der Waals surface area contributed by atoms with E-state index in [2.05, 4.69) is 15.1 Å². The van der Waals surface area contributed by atoms with Gasteiger partial charge in [-0.25, -0.2) is 9.31 Å². The van der Waals surface area contributed by atoms with Crippen molar-refractivity contribution in [3.63, 3.8) is 0 Å². The van der Waals surface area contributed by atoms with Crippen LogP contribution >= 0.6 is 0 Å². The maximum absolute atomic E-state index is 10.9. The molecule has 2 rings (SSSR count). The molecule has 0 bridgehead atoms. The molecule has 0 aliphatic heterocycles. The van der Waals surface area contributed by atoms with Crippen molar-refractivity contribution < 1.29 is 14.6 Å². The van der Waals surface area contributed by atoms with Crippen molar-refractivity contribution in [1.82, 2.24) is 19.6 Å². The summed E-state index contributed by atoms with van der Waals surface area (Å²) in [5.41, 5.74) is -0.0393. The Bertz CT molecular complexity index is 549. The maximum atomic E-state index is 10.9. The Morgan fingerprint density at radius 3 is 2.88 bits per heavy atom.